The molecule has 1 aromatic rings. The smallest absolute Gasteiger partial charge is 0.327 e. The van der Waals surface area contributed by atoms with Gasteiger partial charge in [-0.25, -0.2) is 0 Å². The van der Waals surface area contributed by atoms with Crippen molar-refractivity contribution in [2.24, 2.45) is 0 Å². The van der Waals surface area contributed by atoms with Gasteiger partial charge < -0.3 is 9.47 Å². The highest BCUT2D eigenvalue weighted by molar-refractivity contribution is 8.01. The van der Waals surface area contributed by atoms with Gasteiger partial charge in [-0.15, -0.1) is 11.8 Å². The number of rotatable bonds is 4. The standard InChI is InChI=1S/C14H18O3S/c1-10(2)11-4-6-12(7-5-11)18-14(8-17-9-14)13(15)16-3/h4-7,10H,8-9H2,1-3H3. The number of esters is 1. The molecule has 1 aromatic carbocycles. The van der Waals surface area contributed by atoms with Gasteiger partial charge in [0.25, 0.3) is 0 Å². The van der Waals surface area contributed by atoms with E-state index >= 15 is 0 Å². The van der Waals surface area contributed by atoms with Crippen LogP contribution in [0.1, 0.15) is 25.3 Å². The predicted molar refractivity (Wildman–Crippen MR) is 72.0 cm³/mol. The minimum absolute atomic E-state index is 0.202. The highest BCUT2D eigenvalue weighted by Crippen LogP contribution is 2.40. The lowest BCUT2D eigenvalue weighted by molar-refractivity contribution is -0.155. The van der Waals surface area contributed by atoms with Crippen molar-refractivity contribution in [1.29, 1.82) is 0 Å². The van der Waals surface area contributed by atoms with Crippen molar-refractivity contribution >= 4 is 17.7 Å². The van der Waals surface area contributed by atoms with Gasteiger partial charge in [0, 0.05) is 4.90 Å². The molecule has 2 rings (SSSR count). The first-order valence-corrected chi connectivity index (χ1v) is 6.84. The van der Waals surface area contributed by atoms with Gasteiger partial charge >= 0.3 is 5.97 Å². The molecule has 1 heterocycles. The minimum atomic E-state index is -0.548. The molecule has 0 N–H and O–H groups in total. The molecule has 1 aliphatic rings. The molecule has 98 valence electrons. The molecule has 3 nitrogen and oxygen atoms in total. The Balaban J connectivity index is 2.10. The number of hydrogen-bond donors (Lipinski definition) is 0. The lowest BCUT2D eigenvalue weighted by Gasteiger charge is -2.37. The molecule has 1 aliphatic heterocycles. The number of benzene rings is 1. The predicted octanol–water partition coefficient (Wildman–Crippen LogP) is 2.84. The van der Waals surface area contributed by atoms with Crippen LogP contribution in [0, 0.1) is 0 Å². The van der Waals surface area contributed by atoms with Crippen molar-refractivity contribution < 1.29 is 14.3 Å². The fourth-order valence-corrected chi connectivity index (χ4v) is 3.01. The molecule has 4 heteroatoms. The molecule has 0 spiro atoms. The largest absolute Gasteiger partial charge is 0.468 e. The van der Waals surface area contributed by atoms with Gasteiger partial charge in [0.1, 0.15) is 0 Å². The topological polar surface area (TPSA) is 35.5 Å². The molecule has 0 unspecified atom stereocenters. The maximum atomic E-state index is 11.8. The number of carbonyl (C=O) groups is 1. The summed E-state index contributed by atoms with van der Waals surface area (Å²) in [6.07, 6.45) is 0. The van der Waals surface area contributed by atoms with E-state index in [0.29, 0.717) is 19.1 Å². The molecule has 18 heavy (non-hydrogen) atoms. The van der Waals surface area contributed by atoms with Gasteiger partial charge in [0.05, 0.1) is 20.3 Å². The summed E-state index contributed by atoms with van der Waals surface area (Å²) in [7, 11) is 1.42. The summed E-state index contributed by atoms with van der Waals surface area (Å²) in [5, 5.41) is 0. The second kappa shape index (κ2) is 5.33. The van der Waals surface area contributed by atoms with Gasteiger partial charge in [0.15, 0.2) is 4.75 Å². The van der Waals surface area contributed by atoms with Crippen molar-refractivity contribution in [3.05, 3.63) is 29.8 Å². The minimum Gasteiger partial charge on any atom is -0.468 e. The summed E-state index contributed by atoms with van der Waals surface area (Å²) in [6, 6.07) is 8.33. The Morgan fingerprint density at radius 2 is 1.94 bits per heavy atom. The first kappa shape index (κ1) is 13.4. The summed E-state index contributed by atoms with van der Waals surface area (Å²) < 4.78 is 9.48. The third kappa shape index (κ3) is 2.54. The van der Waals surface area contributed by atoms with Gasteiger partial charge in [-0.3, -0.25) is 4.79 Å². The molecule has 0 aliphatic carbocycles. The molecule has 0 saturated carbocycles. The van der Waals surface area contributed by atoms with Crippen LogP contribution < -0.4 is 0 Å². The molecular weight excluding hydrogens is 248 g/mol. The zero-order valence-corrected chi connectivity index (χ0v) is 11.8. The van der Waals surface area contributed by atoms with Crippen molar-refractivity contribution in [2.75, 3.05) is 20.3 Å². The highest BCUT2D eigenvalue weighted by Gasteiger charge is 2.48. The van der Waals surface area contributed by atoms with Crippen LogP contribution >= 0.6 is 11.8 Å². The van der Waals surface area contributed by atoms with Crippen molar-refractivity contribution in [1.82, 2.24) is 0 Å². The summed E-state index contributed by atoms with van der Waals surface area (Å²) in [6.45, 7) is 5.18. The first-order valence-electron chi connectivity index (χ1n) is 6.02. The Bertz CT molecular complexity index is 421. The van der Waals surface area contributed by atoms with E-state index in [9.17, 15) is 4.79 Å². The maximum Gasteiger partial charge on any atom is 0.327 e. The Morgan fingerprint density at radius 1 is 1.33 bits per heavy atom. The number of hydrogen-bond acceptors (Lipinski definition) is 4. The normalized spacial score (nSPS) is 17.3. The van der Waals surface area contributed by atoms with Crippen molar-refractivity contribution in [3.63, 3.8) is 0 Å². The molecule has 1 fully saturated rings. The molecule has 0 atom stereocenters. The zero-order valence-electron chi connectivity index (χ0n) is 10.9. The summed E-state index contributed by atoms with van der Waals surface area (Å²) in [4.78, 5) is 12.8. The van der Waals surface area contributed by atoms with Crippen LogP contribution in [0.25, 0.3) is 0 Å². The summed E-state index contributed by atoms with van der Waals surface area (Å²) >= 11 is 1.53. The fraction of sp³-hybridized carbons (Fsp3) is 0.500. The van der Waals surface area contributed by atoms with E-state index in [2.05, 4.69) is 38.1 Å². The van der Waals surface area contributed by atoms with Crippen molar-refractivity contribution in [2.45, 2.75) is 29.4 Å². The van der Waals surface area contributed by atoms with Gasteiger partial charge in [-0.1, -0.05) is 26.0 Å². The van der Waals surface area contributed by atoms with Crippen LogP contribution in [0.5, 0.6) is 0 Å². The van der Waals surface area contributed by atoms with Crippen LogP contribution in [0.3, 0.4) is 0 Å². The molecule has 0 radical (unpaired) electrons. The van der Waals surface area contributed by atoms with Crippen LogP contribution in [-0.4, -0.2) is 31.0 Å². The van der Waals surface area contributed by atoms with E-state index in [1.165, 1.54) is 24.4 Å². The number of carbonyl (C=O) groups excluding carboxylic acids is 1. The lowest BCUT2D eigenvalue weighted by atomic mass is 10.0. The molecule has 1 saturated heterocycles. The van der Waals surface area contributed by atoms with Crippen LogP contribution in [0.4, 0.5) is 0 Å². The van der Waals surface area contributed by atoms with Gasteiger partial charge in [-0.05, 0) is 23.6 Å². The molecule has 0 amide bonds. The quantitative estimate of drug-likeness (QED) is 0.785. The van der Waals surface area contributed by atoms with Gasteiger partial charge in [-0.2, -0.15) is 0 Å². The first-order chi connectivity index (χ1) is 8.57. The third-order valence-corrected chi connectivity index (χ3v) is 4.39. The number of methoxy groups -OCH3 is 1. The van der Waals surface area contributed by atoms with E-state index in [0.717, 1.165) is 4.90 Å². The van der Waals surface area contributed by atoms with Crippen LogP contribution in [0.15, 0.2) is 29.2 Å². The Kier molecular flexibility index (Phi) is 3.97. The Morgan fingerprint density at radius 3 is 2.33 bits per heavy atom. The second-order valence-electron chi connectivity index (χ2n) is 4.80. The van der Waals surface area contributed by atoms with E-state index < -0.39 is 4.75 Å². The highest BCUT2D eigenvalue weighted by atomic mass is 32.2. The molecule has 0 bridgehead atoms. The average molecular weight is 266 g/mol. The van der Waals surface area contributed by atoms with Gasteiger partial charge in [0.2, 0.25) is 0 Å². The van der Waals surface area contributed by atoms with E-state index in [1.807, 2.05) is 0 Å². The van der Waals surface area contributed by atoms with Crippen molar-refractivity contribution in [3.8, 4) is 0 Å². The van der Waals surface area contributed by atoms with Crippen LogP contribution in [0.2, 0.25) is 0 Å². The third-order valence-electron chi connectivity index (χ3n) is 3.09. The fourth-order valence-electron chi connectivity index (χ4n) is 1.84. The summed E-state index contributed by atoms with van der Waals surface area (Å²) in [5.41, 5.74) is 1.30. The lowest BCUT2D eigenvalue weighted by Crippen LogP contribution is -2.53. The number of thioether (sulfide) groups is 1. The van der Waals surface area contributed by atoms with E-state index in [4.69, 9.17) is 9.47 Å². The SMILES string of the molecule is COC(=O)C1(Sc2ccc(C(C)C)cc2)COC1. The van der Waals surface area contributed by atoms with E-state index in [-0.39, 0.29) is 5.97 Å². The average Bonchev–Trinajstić information content (AvgIpc) is 2.33. The molecule has 0 aromatic heterocycles. The monoisotopic (exact) mass is 266 g/mol. The van der Waals surface area contributed by atoms with Crippen LogP contribution in [-0.2, 0) is 14.3 Å². The zero-order chi connectivity index (χ0) is 13.2. The molecular formula is C14H18O3S. The number of ether oxygens (including phenoxy) is 2. The Labute approximate surface area is 112 Å². The van der Waals surface area contributed by atoms with E-state index in [1.54, 1.807) is 0 Å². The maximum absolute atomic E-state index is 11.8. The second-order valence-corrected chi connectivity index (χ2v) is 6.26. The summed E-state index contributed by atoms with van der Waals surface area (Å²) in [5.74, 6) is 0.317. The Hall–Kier alpha value is -1.00.